The summed E-state index contributed by atoms with van der Waals surface area (Å²) >= 11 is 0. The molecular weight excluding hydrogens is 556 g/mol. The van der Waals surface area contributed by atoms with Crippen LogP contribution in [0.15, 0.2) is 145 Å². The van der Waals surface area contributed by atoms with E-state index in [2.05, 4.69) is 189 Å². The van der Waals surface area contributed by atoms with Crippen LogP contribution >= 0.6 is 0 Å². The van der Waals surface area contributed by atoms with Gasteiger partial charge in [-0.25, -0.2) is 0 Å². The molecule has 0 heterocycles. The number of aryl methyl sites for hydroxylation is 3. The third-order valence-electron chi connectivity index (χ3n) is 8.69. The molecule has 224 valence electrons. The van der Waals surface area contributed by atoms with Crippen molar-refractivity contribution in [1.82, 2.24) is 0 Å². The Morgan fingerprint density at radius 1 is 0.543 bits per heavy atom. The van der Waals surface area contributed by atoms with Gasteiger partial charge in [-0.1, -0.05) is 114 Å². The average molecular weight is 595 g/mol. The Bertz CT molecular complexity index is 2100. The third kappa shape index (κ3) is 5.57. The predicted molar refractivity (Wildman–Crippen MR) is 198 cm³/mol. The second-order valence-electron chi connectivity index (χ2n) is 12.3. The van der Waals surface area contributed by atoms with E-state index in [-0.39, 0.29) is 6.04 Å². The molecule has 7 rings (SSSR count). The molecule has 1 atom stereocenters. The van der Waals surface area contributed by atoms with Crippen LogP contribution in [0.25, 0.3) is 21.5 Å². The van der Waals surface area contributed by atoms with Gasteiger partial charge in [-0.05, 0) is 86.9 Å². The summed E-state index contributed by atoms with van der Waals surface area (Å²) in [6.45, 7) is 8.66. The summed E-state index contributed by atoms with van der Waals surface area (Å²) in [5, 5.41) is 4.76. The quantitative estimate of drug-likeness (QED) is 0.107. The van der Waals surface area contributed by atoms with Gasteiger partial charge < -0.3 is 9.80 Å². The Balaban J connectivity index is 1.61. The van der Waals surface area contributed by atoms with E-state index in [1.165, 1.54) is 55.2 Å². The highest BCUT2D eigenvalue weighted by Crippen LogP contribution is 2.50. The second-order valence-corrected chi connectivity index (χ2v) is 12.3. The fourth-order valence-corrected chi connectivity index (χ4v) is 6.68. The first-order chi connectivity index (χ1) is 22.5. The van der Waals surface area contributed by atoms with E-state index in [1.807, 2.05) is 0 Å². The molecule has 0 spiro atoms. The minimum Gasteiger partial charge on any atom is -0.322 e. The molecule has 0 saturated carbocycles. The van der Waals surface area contributed by atoms with E-state index < -0.39 is 0 Å². The van der Waals surface area contributed by atoms with E-state index in [4.69, 9.17) is 0 Å². The van der Waals surface area contributed by atoms with Gasteiger partial charge in [0.05, 0.1) is 11.4 Å². The minimum atomic E-state index is -0.144. The van der Waals surface area contributed by atoms with Gasteiger partial charge in [0.15, 0.2) is 0 Å². The molecule has 1 aliphatic carbocycles. The summed E-state index contributed by atoms with van der Waals surface area (Å²) in [5.74, 6) is 7.08. The predicted octanol–water partition coefficient (Wildman–Crippen LogP) is 11.8. The first-order valence-corrected chi connectivity index (χ1v) is 16.0. The lowest BCUT2D eigenvalue weighted by Crippen LogP contribution is -2.29. The Kier molecular flexibility index (Phi) is 7.91. The maximum Gasteiger partial charge on any atom is 0.114 e. The monoisotopic (exact) mass is 594 g/mol. The van der Waals surface area contributed by atoms with Crippen LogP contribution in [-0.4, -0.2) is 6.04 Å². The maximum absolute atomic E-state index is 3.64. The molecule has 0 amide bonds. The van der Waals surface area contributed by atoms with Crippen molar-refractivity contribution in [1.29, 1.82) is 0 Å². The highest BCUT2D eigenvalue weighted by molar-refractivity contribution is 6.22. The van der Waals surface area contributed by atoms with Gasteiger partial charge in [-0.3, -0.25) is 0 Å². The molecule has 0 N–H and O–H groups in total. The van der Waals surface area contributed by atoms with Crippen molar-refractivity contribution in [3.63, 3.8) is 0 Å². The molecule has 0 saturated heterocycles. The lowest BCUT2D eigenvalue weighted by atomic mass is 9.94. The van der Waals surface area contributed by atoms with Crippen LogP contribution in [0, 0.1) is 32.6 Å². The highest BCUT2D eigenvalue weighted by Gasteiger charge is 2.27. The van der Waals surface area contributed by atoms with Crippen LogP contribution in [-0.2, 0) is 0 Å². The summed E-state index contributed by atoms with van der Waals surface area (Å²) in [4.78, 5) is 4.90. The molecule has 0 radical (unpaired) electrons. The van der Waals surface area contributed by atoms with E-state index in [1.54, 1.807) is 0 Å². The van der Waals surface area contributed by atoms with Gasteiger partial charge in [0, 0.05) is 45.0 Å². The van der Waals surface area contributed by atoms with Gasteiger partial charge in [0.1, 0.15) is 6.04 Å². The summed E-state index contributed by atoms with van der Waals surface area (Å²) in [6.07, 6.45) is 7.38. The molecular formula is C44H38N2. The maximum atomic E-state index is 3.64. The van der Waals surface area contributed by atoms with Crippen LogP contribution in [0.2, 0.25) is 0 Å². The number of hydrogen-bond donors (Lipinski definition) is 0. The lowest BCUT2D eigenvalue weighted by molar-refractivity contribution is 0.966. The minimum absolute atomic E-state index is 0.144. The fraction of sp³-hybridized carbons (Fsp3) is 0.136. The van der Waals surface area contributed by atoms with Crippen molar-refractivity contribution in [2.45, 2.75) is 40.2 Å². The van der Waals surface area contributed by atoms with Crippen LogP contribution in [0.3, 0.4) is 0 Å². The Morgan fingerprint density at radius 2 is 1.02 bits per heavy atom. The smallest absolute Gasteiger partial charge is 0.114 e. The van der Waals surface area contributed by atoms with Crippen LogP contribution in [0.5, 0.6) is 0 Å². The summed E-state index contributed by atoms with van der Waals surface area (Å²) < 4.78 is 0. The molecule has 0 bridgehead atoms. The summed E-state index contributed by atoms with van der Waals surface area (Å²) in [7, 11) is 0. The van der Waals surface area contributed by atoms with Crippen molar-refractivity contribution in [3.8, 4) is 11.8 Å². The van der Waals surface area contributed by atoms with Gasteiger partial charge in [-0.15, -0.1) is 0 Å². The largest absolute Gasteiger partial charge is 0.322 e. The number of hydrogen-bond acceptors (Lipinski definition) is 2. The number of fused-ring (bicyclic) bond motifs is 2. The lowest BCUT2D eigenvalue weighted by Gasteiger charge is -2.35. The van der Waals surface area contributed by atoms with Crippen LogP contribution in [0.4, 0.5) is 28.4 Å². The molecule has 46 heavy (non-hydrogen) atoms. The molecule has 6 aromatic carbocycles. The molecule has 0 aliphatic heterocycles. The van der Waals surface area contributed by atoms with Crippen molar-refractivity contribution in [2.75, 3.05) is 9.80 Å². The van der Waals surface area contributed by atoms with Gasteiger partial charge in [-0.2, -0.15) is 0 Å². The van der Waals surface area contributed by atoms with Gasteiger partial charge >= 0.3 is 0 Å². The van der Waals surface area contributed by atoms with Crippen molar-refractivity contribution in [2.24, 2.45) is 0 Å². The molecule has 1 aliphatic rings. The topological polar surface area (TPSA) is 6.48 Å². The van der Waals surface area contributed by atoms with Gasteiger partial charge in [0.25, 0.3) is 0 Å². The van der Waals surface area contributed by atoms with Crippen molar-refractivity contribution >= 4 is 50.0 Å². The Hall–Kier alpha value is -5.52. The summed E-state index contributed by atoms with van der Waals surface area (Å²) in [5.41, 5.74) is 10.6. The Labute approximate surface area is 272 Å². The van der Waals surface area contributed by atoms with E-state index in [9.17, 15) is 0 Å². The van der Waals surface area contributed by atoms with Crippen molar-refractivity contribution in [3.05, 3.63) is 162 Å². The third-order valence-corrected chi connectivity index (χ3v) is 8.69. The number of anilines is 5. The zero-order valence-corrected chi connectivity index (χ0v) is 27.0. The summed E-state index contributed by atoms with van der Waals surface area (Å²) in [6, 6.07) is 44.1. The molecule has 0 aromatic heterocycles. The van der Waals surface area contributed by atoms with E-state index in [0.717, 1.165) is 23.5 Å². The molecule has 0 fully saturated rings. The molecule has 1 unspecified atom stereocenters. The Morgan fingerprint density at radius 3 is 1.54 bits per heavy atom. The number of benzene rings is 6. The average Bonchev–Trinajstić information content (AvgIpc) is 3.04. The van der Waals surface area contributed by atoms with Crippen LogP contribution in [0.1, 0.15) is 30.0 Å². The number of rotatable bonds is 6. The normalized spacial score (nSPS) is 16.1. The highest BCUT2D eigenvalue weighted by atomic mass is 15.2. The number of nitrogens with zero attached hydrogens (tertiary/aromatic N) is 2. The first-order valence-electron chi connectivity index (χ1n) is 16.0. The van der Waals surface area contributed by atoms with E-state index in [0.29, 0.717) is 0 Å². The van der Waals surface area contributed by atoms with Crippen LogP contribution < -0.4 is 9.80 Å². The SMILES string of the molecule is CC1=C/C(N(c2cccc(C)c2)c2c3ccccc3c(N(c3cccc(C)c3)c3cccc(C)c3)c3ccccc23)C#CC/C=C\1. The van der Waals surface area contributed by atoms with Gasteiger partial charge in [0.2, 0.25) is 0 Å². The zero-order valence-electron chi connectivity index (χ0n) is 27.0. The number of allylic oxidation sites excluding steroid dienone is 3. The second kappa shape index (κ2) is 12.5. The standard InChI is InChI=1S/C44H38N2/c1-31-15-6-5-7-19-35(27-31)45(36-20-12-16-32(2)28-36)43-39-23-8-10-25-41(39)44(42-26-11-9-24-40(42)43)46(37-21-13-17-33(3)29-37)38-22-14-18-34(4)30-38/h6,8-18,20-30,35H,5H2,1-4H3/b15-6-,31-27-. The molecule has 6 aromatic rings. The zero-order chi connectivity index (χ0) is 31.6. The molecule has 2 heteroatoms. The first kappa shape index (κ1) is 29.2. The molecule has 2 nitrogen and oxygen atoms in total. The van der Waals surface area contributed by atoms with E-state index >= 15 is 0 Å². The fourth-order valence-electron chi connectivity index (χ4n) is 6.68. The van der Waals surface area contributed by atoms with Crippen molar-refractivity contribution < 1.29 is 0 Å².